The Morgan fingerprint density at radius 1 is 1.69 bits per heavy atom. The number of tetrazole rings is 1. The van der Waals surface area contributed by atoms with Gasteiger partial charge in [-0.3, -0.25) is 0 Å². The highest BCUT2D eigenvalue weighted by atomic mass is 32.2. The van der Waals surface area contributed by atoms with Crippen molar-refractivity contribution >= 4 is 17.7 Å². The number of thioether (sulfide) groups is 1. The molecule has 88 valence electrons. The molecule has 1 heterocycles. The van der Waals surface area contributed by atoms with Gasteiger partial charge in [0.05, 0.1) is 6.04 Å². The Kier molecular flexibility index (Phi) is 2.85. The monoisotopic (exact) mass is 244 g/mol. The standard InChI is InChI=1S/C8H12N4O3S/c1-8(15,6(13)14)4-16-7-9-10-11-12(7)5-2-3-5/h5,15H,2-4H2,1H3,(H,13,14). The second-order valence-corrected chi connectivity index (χ2v) is 4.95. The van der Waals surface area contributed by atoms with Crippen molar-refractivity contribution in [3.05, 3.63) is 0 Å². The molecule has 2 rings (SSSR count). The Labute approximate surface area is 95.8 Å². The predicted octanol–water partition coefficient (Wildman–Crippen LogP) is -0.0643. The number of rotatable bonds is 5. The first-order valence-electron chi connectivity index (χ1n) is 4.87. The molecule has 1 aliphatic carbocycles. The highest BCUT2D eigenvalue weighted by Crippen LogP contribution is 2.36. The van der Waals surface area contributed by atoms with Gasteiger partial charge in [0.2, 0.25) is 5.16 Å². The molecular weight excluding hydrogens is 232 g/mol. The first kappa shape index (κ1) is 11.3. The number of aliphatic hydroxyl groups is 1. The van der Waals surface area contributed by atoms with Gasteiger partial charge in [0, 0.05) is 5.75 Å². The predicted molar refractivity (Wildman–Crippen MR) is 55.1 cm³/mol. The SMILES string of the molecule is CC(O)(CSc1nnnn1C1CC1)C(=O)O. The number of hydrogen-bond acceptors (Lipinski definition) is 6. The van der Waals surface area contributed by atoms with E-state index in [0.29, 0.717) is 11.2 Å². The number of carbonyl (C=O) groups is 1. The van der Waals surface area contributed by atoms with Crippen LogP contribution in [0.4, 0.5) is 0 Å². The fourth-order valence-electron chi connectivity index (χ4n) is 1.10. The Hall–Kier alpha value is -1.15. The molecule has 0 saturated heterocycles. The van der Waals surface area contributed by atoms with Gasteiger partial charge >= 0.3 is 5.97 Å². The molecule has 0 radical (unpaired) electrons. The summed E-state index contributed by atoms with van der Waals surface area (Å²) in [4.78, 5) is 10.7. The molecule has 1 saturated carbocycles. The van der Waals surface area contributed by atoms with Crippen molar-refractivity contribution in [1.82, 2.24) is 20.2 Å². The molecule has 0 bridgehead atoms. The summed E-state index contributed by atoms with van der Waals surface area (Å²) in [5.74, 6) is -1.22. The van der Waals surface area contributed by atoms with Crippen LogP contribution in [0.25, 0.3) is 0 Å². The molecule has 1 aliphatic rings. The van der Waals surface area contributed by atoms with Gasteiger partial charge < -0.3 is 10.2 Å². The van der Waals surface area contributed by atoms with Crippen LogP contribution in [0.3, 0.4) is 0 Å². The zero-order valence-electron chi connectivity index (χ0n) is 8.70. The first-order chi connectivity index (χ1) is 7.50. The summed E-state index contributed by atoms with van der Waals surface area (Å²) in [5, 5.41) is 30.0. The van der Waals surface area contributed by atoms with Gasteiger partial charge in [-0.25, -0.2) is 9.48 Å². The molecule has 1 fully saturated rings. The largest absolute Gasteiger partial charge is 0.479 e. The highest BCUT2D eigenvalue weighted by molar-refractivity contribution is 7.99. The third kappa shape index (κ3) is 2.33. The van der Waals surface area contributed by atoms with Gasteiger partial charge in [-0.15, -0.1) is 5.10 Å². The van der Waals surface area contributed by atoms with E-state index < -0.39 is 11.6 Å². The number of carboxylic acids is 1. The summed E-state index contributed by atoms with van der Waals surface area (Å²) >= 11 is 1.15. The maximum absolute atomic E-state index is 10.7. The number of hydrogen-bond donors (Lipinski definition) is 2. The second kappa shape index (κ2) is 4.02. The summed E-state index contributed by atoms with van der Waals surface area (Å²) in [6.07, 6.45) is 2.10. The first-order valence-corrected chi connectivity index (χ1v) is 5.86. The quantitative estimate of drug-likeness (QED) is 0.699. The molecule has 16 heavy (non-hydrogen) atoms. The zero-order valence-corrected chi connectivity index (χ0v) is 9.51. The molecule has 0 aromatic carbocycles. The van der Waals surface area contributed by atoms with Gasteiger partial charge in [-0.1, -0.05) is 11.8 Å². The minimum atomic E-state index is -1.76. The molecule has 0 aliphatic heterocycles. The van der Waals surface area contributed by atoms with Crippen molar-refractivity contribution < 1.29 is 15.0 Å². The Bertz CT molecular complexity index is 402. The highest BCUT2D eigenvalue weighted by Gasteiger charge is 2.33. The van der Waals surface area contributed by atoms with Gasteiger partial charge in [-0.2, -0.15) is 0 Å². The molecule has 0 amide bonds. The van der Waals surface area contributed by atoms with E-state index in [2.05, 4.69) is 15.5 Å². The van der Waals surface area contributed by atoms with Gasteiger partial charge in [0.1, 0.15) is 0 Å². The van der Waals surface area contributed by atoms with Crippen molar-refractivity contribution in [2.24, 2.45) is 0 Å². The van der Waals surface area contributed by atoms with Crippen LogP contribution < -0.4 is 0 Å². The Morgan fingerprint density at radius 3 is 2.94 bits per heavy atom. The Balaban J connectivity index is 1.99. The molecule has 1 unspecified atom stereocenters. The Morgan fingerprint density at radius 2 is 2.38 bits per heavy atom. The maximum Gasteiger partial charge on any atom is 0.336 e. The lowest BCUT2D eigenvalue weighted by Gasteiger charge is -2.16. The van der Waals surface area contributed by atoms with Crippen LogP contribution >= 0.6 is 11.8 Å². The average Bonchev–Trinajstić information content (AvgIpc) is 2.95. The second-order valence-electron chi connectivity index (χ2n) is 4.00. The number of aromatic nitrogens is 4. The third-order valence-corrected chi connectivity index (χ3v) is 3.53. The van der Waals surface area contributed by atoms with Gasteiger partial charge in [-0.05, 0) is 30.2 Å². The summed E-state index contributed by atoms with van der Waals surface area (Å²) in [6.45, 7) is 1.26. The summed E-state index contributed by atoms with van der Waals surface area (Å²) in [6, 6.07) is 0.340. The van der Waals surface area contributed by atoms with E-state index in [0.717, 1.165) is 24.6 Å². The normalized spacial score (nSPS) is 19.4. The lowest BCUT2D eigenvalue weighted by Crippen LogP contribution is -2.37. The van der Waals surface area contributed by atoms with E-state index in [-0.39, 0.29) is 5.75 Å². The van der Waals surface area contributed by atoms with E-state index in [1.807, 2.05) is 0 Å². The van der Waals surface area contributed by atoms with Gasteiger partial charge in [0.25, 0.3) is 0 Å². The van der Waals surface area contributed by atoms with Crippen LogP contribution in [0, 0.1) is 0 Å². The van der Waals surface area contributed by atoms with Crippen LogP contribution in [-0.2, 0) is 4.79 Å². The van der Waals surface area contributed by atoms with E-state index in [4.69, 9.17) is 5.11 Å². The number of carboxylic acid groups (broad SMARTS) is 1. The smallest absolute Gasteiger partial charge is 0.336 e. The summed E-state index contributed by atoms with van der Waals surface area (Å²) in [7, 11) is 0. The van der Waals surface area contributed by atoms with E-state index in [1.165, 1.54) is 6.92 Å². The van der Waals surface area contributed by atoms with Crippen molar-refractivity contribution in [1.29, 1.82) is 0 Å². The minimum absolute atomic E-state index is 0.0232. The number of aliphatic carboxylic acids is 1. The molecule has 7 nitrogen and oxygen atoms in total. The topological polar surface area (TPSA) is 101 Å². The van der Waals surface area contributed by atoms with Crippen LogP contribution in [0.15, 0.2) is 5.16 Å². The van der Waals surface area contributed by atoms with Crippen molar-refractivity contribution in [3.63, 3.8) is 0 Å². The summed E-state index contributed by atoms with van der Waals surface area (Å²) < 4.78 is 1.68. The summed E-state index contributed by atoms with van der Waals surface area (Å²) in [5.41, 5.74) is -1.76. The van der Waals surface area contributed by atoms with Crippen molar-refractivity contribution in [2.45, 2.75) is 36.6 Å². The molecule has 8 heteroatoms. The molecule has 1 aromatic heterocycles. The molecule has 1 aromatic rings. The molecule has 0 spiro atoms. The van der Waals surface area contributed by atoms with Crippen molar-refractivity contribution in [3.8, 4) is 0 Å². The molecule has 2 N–H and O–H groups in total. The fraction of sp³-hybridized carbons (Fsp3) is 0.750. The number of nitrogens with zero attached hydrogens (tertiary/aromatic N) is 4. The van der Waals surface area contributed by atoms with Crippen LogP contribution in [0.2, 0.25) is 0 Å². The van der Waals surface area contributed by atoms with E-state index in [9.17, 15) is 9.90 Å². The average molecular weight is 244 g/mol. The van der Waals surface area contributed by atoms with Gasteiger partial charge in [0.15, 0.2) is 5.60 Å². The van der Waals surface area contributed by atoms with Crippen LogP contribution in [-0.4, -0.2) is 47.7 Å². The third-order valence-electron chi connectivity index (χ3n) is 2.30. The lowest BCUT2D eigenvalue weighted by atomic mass is 10.1. The van der Waals surface area contributed by atoms with Crippen molar-refractivity contribution in [2.75, 3.05) is 5.75 Å². The van der Waals surface area contributed by atoms with Crippen LogP contribution in [0.5, 0.6) is 0 Å². The molecule has 1 atom stereocenters. The minimum Gasteiger partial charge on any atom is -0.479 e. The molecular formula is C8H12N4O3S. The van der Waals surface area contributed by atoms with Crippen LogP contribution in [0.1, 0.15) is 25.8 Å². The zero-order chi connectivity index (χ0) is 11.8. The van der Waals surface area contributed by atoms with E-state index >= 15 is 0 Å². The lowest BCUT2D eigenvalue weighted by molar-refractivity contribution is -0.154. The maximum atomic E-state index is 10.7. The fourth-order valence-corrected chi connectivity index (χ4v) is 2.04. The van der Waals surface area contributed by atoms with E-state index in [1.54, 1.807) is 4.68 Å².